The number of hydrogen-bond donors (Lipinski definition) is 0. The van der Waals surface area contributed by atoms with Crippen molar-refractivity contribution in [2.45, 2.75) is 25.8 Å². The molecule has 1 aliphatic carbocycles. The van der Waals surface area contributed by atoms with Crippen molar-refractivity contribution in [3.05, 3.63) is 0 Å². The van der Waals surface area contributed by atoms with Crippen molar-refractivity contribution in [3.63, 3.8) is 0 Å². The normalized spacial score (nSPS) is 17.4. The van der Waals surface area contributed by atoms with E-state index in [1.165, 1.54) is 5.06 Å². The zero-order valence-electron chi connectivity index (χ0n) is 5.54. The van der Waals surface area contributed by atoms with E-state index in [0.717, 1.165) is 19.3 Å². The monoisotopic (exact) mass is 129 g/mol. The molecule has 0 aromatic rings. The summed E-state index contributed by atoms with van der Waals surface area (Å²) in [6.07, 6.45) is 2.94. The molecule has 0 aromatic heterocycles. The van der Waals surface area contributed by atoms with Gasteiger partial charge in [-0.05, 0) is 19.8 Å². The molecule has 1 fully saturated rings. The summed E-state index contributed by atoms with van der Waals surface area (Å²) in [7, 11) is 0. The lowest BCUT2D eigenvalue weighted by Crippen LogP contribution is -2.24. The van der Waals surface area contributed by atoms with E-state index in [2.05, 4.69) is 0 Å². The van der Waals surface area contributed by atoms with Crippen LogP contribution in [0.1, 0.15) is 19.8 Å². The zero-order valence-corrected chi connectivity index (χ0v) is 5.54. The van der Waals surface area contributed by atoms with Crippen molar-refractivity contribution in [2.24, 2.45) is 0 Å². The minimum atomic E-state index is 0.377. The molecular formula is C6H11NO2. The fraction of sp³-hybridized carbons (Fsp3) is 0.833. The molecule has 1 saturated carbocycles. The highest BCUT2D eigenvalue weighted by atomic mass is 16.7. The maximum Gasteiger partial charge on any atom is 0.233 e. The number of rotatable bonds is 4. The molecule has 0 bridgehead atoms. The van der Waals surface area contributed by atoms with Crippen LogP contribution in [0.15, 0.2) is 0 Å². The van der Waals surface area contributed by atoms with E-state index in [9.17, 15) is 4.79 Å². The van der Waals surface area contributed by atoms with Crippen LogP contribution in [0.5, 0.6) is 0 Å². The van der Waals surface area contributed by atoms with Gasteiger partial charge in [-0.1, -0.05) is 0 Å². The first kappa shape index (κ1) is 6.55. The molecule has 3 nitrogen and oxygen atoms in total. The largest absolute Gasteiger partial charge is 0.276 e. The fourth-order valence-corrected chi connectivity index (χ4v) is 0.700. The highest BCUT2D eigenvalue weighted by Crippen LogP contribution is 2.25. The molecule has 0 aromatic carbocycles. The summed E-state index contributed by atoms with van der Waals surface area (Å²) in [5, 5.41) is 1.40. The quantitative estimate of drug-likeness (QED) is 0.410. The lowest BCUT2D eigenvalue weighted by Gasteiger charge is -2.13. The molecule has 0 spiro atoms. The molecular weight excluding hydrogens is 118 g/mol. The molecule has 0 N–H and O–H groups in total. The number of amides is 1. The van der Waals surface area contributed by atoms with Gasteiger partial charge in [0, 0.05) is 0 Å². The molecule has 0 saturated heterocycles. The topological polar surface area (TPSA) is 29.5 Å². The standard InChI is InChI=1S/C6H11NO2/c1-2-9-7(5-8)6-3-4-6/h5-6H,2-4H2,1H3. The van der Waals surface area contributed by atoms with Crippen LogP contribution in [0.4, 0.5) is 0 Å². The molecule has 1 amide bonds. The third-order valence-corrected chi connectivity index (χ3v) is 1.29. The van der Waals surface area contributed by atoms with Gasteiger partial charge < -0.3 is 0 Å². The van der Waals surface area contributed by atoms with Gasteiger partial charge in [-0.15, -0.1) is 0 Å². The van der Waals surface area contributed by atoms with E-state index < -0.39 is 0 Å². The first-order valence-corrected chi connectivity index (χ1v) is 3.25. The van der Waals surface area contributed by atoms with Gasteiger partial charge in [-0.25, -0.2) is 5.06 Å². The number of nitrogens with zero attached hydrogens (tertiary/aromatic N) is 1. The van der Waals surface area contributed by atoms with Gasteiger partial charge in [0.2, 0.25) is 6.41 Å². The lowest BCUT2D eigenvalue weighted by atomic mass is 10.7. The van der Waals surface area contributed by atoms with E-state index in [1.807, 2.05) is 6.92 Å². The van der Waals surface area contributed by atoms with Crippen LogP contribution in [0.2, 0.25) is 0 Å². The van der Waals surface area contributed by atoms with Crippen LogP contribution >= 0.6 is 0 Å². The fourth-order valence-electron chi connectivity index (χ4n) is 0.700. The third-order valence-electron chi connectivity index (χ3n) is 1.29. The van der Waals surface area contributed by atoms with Crippen molar-refractivity contribution in [3.8, 4) is 0 Å². The zero-order chi connectivity index (χ0) is 6.69. The second kappa shape index (κ2) is 2.82. The number of carbonyl (C=O) groups excluding carboxylic acids is 1. The lowest BCUT2D eigenvalue weighted by molar-refractivity contribution is -0.173. The van der Waals surface area contributed by atoms with E-state index in [0.29, 0.717) is 12.6 Å². The molecule has 52 valence electrons. The second-order valence-corrected chi connectivity index (χ2v) is 2.11. The molecule has 1 aliphatic rings. The van der Waals surface area contributed by atoms with E-state index in [4.69, 9.17) is 4.84 Å². The Morgan fingerprint density at radius 2 is 2.44 bits per heavy atom. The smallest absolute Gasteiger partial charge is 0.233 e. The predicted octanol–water partition coefficient (Wildman–Crippen LogP) is 0.559. The Bertz CT molecular complexity index is 101. The molecule has 0 aliphatic heterocycles. The maximum absolute atomic E-state index is 10.2. The van der Waals surface area contributed by atoms with E-state index >= 15 is 0 Å². The number of hydrogen-bond acceptors (Lipinski definition) is 2. The first-order valence-electron chi connectivity index (χ1n) is 3.25. The predicted molar refractivity (Wildman–Crippen MR) is 32.6 cm³/mol. The van der Waals surface area contributed by atoms with Crippen molar-refractivity contribution in [1.82, 2.24) is 5.06 Å². The van der Waals surface area contributed by atoms with Gasteiger partial charge >= 0.3 is 0 Å². The van der Waals surface area contributed by atoms with Gasteiger partial charge in [-0.2, -0.15) is 0 Å². The Labute approximate surface area is 54.5 Å². The molecule has 1 rings (SSSR count). The first-order chi connectivity index (χ1) is 4.38. The average molecular weight is 129 g/mol. The number of carbonyl (C=O) groups is 1. The van der Waals surface area contributed by atoms with Crippen LogP contribution in [-0.4, -0.2) is 24.1 Å². The van der Waals surface area contributed by atoms with Crippen molar-refractivity contribution < 1.29 is 9.63 Å². The minimum Gasteiger partial charge on any atom is -0.276 e. The summed E-state index contributed by atoms with van der Waals surface area (Å²) in [6, 6.07) is 0.377. The Morgan fingerprint density at radius 1 is 1.78 bits per heavy atom. The van der Waals surface area contributed by atoms with Gasteiger partial charge in [0.25, 0.3) is 0 Å². The highest BCUT2D eigenvalue weighted by Gasteiger charge is 2.28. The number of hydroxylamine groups is 2. The SMILES string of the molecule is CCON(C=O)C1CC1. The average Bonchev–Trinajstić information content (AvgIpc) is 2.64. The molecule has 0 atom stereocenters. The molecule has 0 radical (unpaired) electrons. The minimum absolute atomic E-state index is 0.377. The summed E-state index contributed by atoms with van der Waals surface area (Å²) in [5.41, 5.74) is 0. The van der Waals surface area contributed by atoms with Gasteiger partial charge in [0.1, 0.15) is 0 Å². The summed E-state index contributed by atoms with van der Waals surface area (Å²) in [6.45, 7) is 2.45. The van der Waals surface area contributed by atoms with Crippen molar-refractivity contribution in [2.75, 3.05) is 6.61 Å². The summed E-state index contributed by atoms with van der Waals surface area (Å²) >= 11 is 0. The van der Waals surface area contributed by atoms with Crippen LogP contribution in [0.3, 0.4) is 0 Å². The Morgan fingerprint density at radius 3 is 2.78 bits per heavy atom. The molecule has 0 heterocycles. The third kappa shape index (κ3) is 1.68. The molecule has 0 unspecified atom stereocenters. The van der Waals surface area contributed by atoms with Crippen LogP contribution < -0.4 is 0 Å². The Hall–Kier alpha value is -0.570. The van der Waals surface area contributed by atoms with Crippen LogP contribution in [0.25, 0.3) is 0 Å². The maximum atomic E-state index is 10.2. The molecule has 9 heavy (non-hydrogen) atoms. The summed E-state index contributed by atoms with van der Waals surface area (Å²) in [4.78, 5) is 15.2. The van der Waals surface area contributed by atoms with Gasteiger partial charge in [-0.3, -0.25) is 9.63 Å². The van der Waals surface area contributed by atoms with E-state index in [-0.39, 0.29) is 0 Å². The van der Waals surface area contributed by atoms with Crippen LogP contribution in [-0.2, 0) is 9.63 Å². The Balaban J connectivity index is 2.20. The Kier molecular flexibility index (Phi) is 2.05. The van der Waals surface area contributed by atoms with Gasteiger partial charge in [0.05, 0.1) is 12.6 Å². The highest BCUT2D eigenvalue weighted by molar-refractivity contribution is 5.46. The molecule has 3 heteroatoms. The summed E-state index contributed by atoms with van der Waals surface area (Å²) < 4.78 is 0. The van der Waals surface area contributed by atoms with Crippen molar-refractivity contribution in [1.29, 1.82) is 0 Å². The van der Waals surface area contributed by atoms with E-state index in [1.54, 1.807) is 0 Å². The summed E-state index contributed by atoms with van der Waals surface area (Å²) in [5.74, 6) is 0. The van der Waals surface area contributed by atoms with Crippen LogP contribution in [0, 0.1) is 0 Å². The van der Waals surface area contributed by atoms with Gasteiger partial charge in [0.15, 0.2) is 0 Å². The van der Waals surface area contributed by atoms with Crippen molar-refractivity contribution >= 4 is 6.41 Å². The second-order valence-electron chi connectivity index (χ2n) is 2.11.